The van der Waals surface area contributed by atoms with Gasteiger partial charge >= 0.3 is 18.0 Å². The fourth-order valence-corrected chi connectivity index (χ4v) is 0.827. The summed E-state index contributed by atoms with van der Waals surface area (Å²) >= 11 is 0. The minimum absolute atomic E-state index is 0.434. The normalized spacial score (nSPS) is 11.1. The number of amides is 3. The number of nitrogens with two attached hydrogens (primary N) is 1. The van der Waals surface area contributed by atoms with Gasteiger partial charge in [-0.2, -0.15) is 0 Å². The van der Waals surface area contributed by atoms with Gasteiger partial charge in [-0.15, -0.1) is 0 Å². The first kappa shape index (κ1) is 14.7. The van der Waals surface area contributed by atoms with Gasteiger partial charge in [0.1, 0.15) is 6.04 Å². The molecule has 0 radical (unpaired) electrons. The van der Waals surface area contributed by atoms with Gasteiger partial charge in [0, 0.05) is 0 Å². The van der Waals surface area contributed by atoms with E-state index in [0.29, 0.717) is 0 Å². The maximum Gasteiger partial charge on any atom is 0.326 e. The van der Waals surface area contributed by atoms with Crippen molar-refractivity contribution in [3.8, 4) is 0 Å². The van der Waals surface area contributed by atoms with Crippen LogP contribution in [0.1, 0.15) is 6.42 Å². The molecule has 0 aliphatic heterocycles. The molecule has 0 aromatic heterocycles. The second-order valence-corrected chi connectivity index (χ2v) is 2.96. The number of carbonyl (C=O) groups is 4. The minimum atomic E-state index is -1.43. The Kier molecular flexibility index (Phi) is 6.08. The number of carbonyl (C=O) groups excluding carboxylic acids is 3. The Morgan fingerprint density at radius 2 is 1.94 bits per heavy atom. The number of primary amides is 1. The molecule has 0 bridgehead atoms. The number of methoxy groups -OCH3 is 1. The molecule has 0 saturated heterocycles. The van der Waals surface area contributed by atoms with Crippen LogP contribution in [0.4, 0.5) is 4.79 Å². The summed E-state index contributed by atoms with van der Waals surface area (Å²) in [5.41, 5.74) is 4.76. The van der Waals surface area contributed by atoms with Crippen LogP contribution in [0.25, 0.3) is 0 Å². The van der Waals surface area contributed by atoms with Crippen molar-refractivity contribution in [1.82, 2.24) is 10.6 Å². The number of rotatable bonds is 6. The number of ether oxygens (including phenoxy) is 1. The van der Waals surface area contributed by atoms with Gasteiger partial charge in [-0.05, 0) is 0 Å². The molecule has 0 fully saturated rings. The summed E-state index contributed by atoms with van der Waals surface area (Å²) in [6.45, 7) is -0.434. The maximum atomic E-state index is 11.1. The molecule has 3 amide bonds. The summed E-state index contributed by atoms with van der Waals surface area (Å²) in [7, 11) is 1.09. The highest BCUT2D eigenvalue weighted by Gasteiger charge is 2.23. The van der Waals surface area contributed by atoms with E-state index in [4.69, 9.17) is 10.8 Å². The molecular formula is C8H13N3O6. The Hall–Kier alpha value is -2.32. The first-order valence-corrected chi connectivity index (χ1v) is 4.49. The predicted molar refractivity (Wildman–Crippen MR) is 53.8 cm³/mol. The van der Waals surface area contributed by atoms with Gasteiger partial charge in [-0.3, -0.25) is 9.59 Å². The Bertz CT molecular complexity index is 329. The third kappa shape index (κ3) is 6.71. The Labute approximate surface area is 96.3 Å². The van der Waals surface area contributed by atoms with E-state index in [1.807, 2.05) is 10.6 Å². The molecule has 0 spiro atoms. The average Bonchev–Trinajstić information content (AvgIpc) is 2.25. The van der Waals surface area contributed by atoms with Gasteiger partial charge in [0.25, 0.3) is 0 Å². The molecule has 17 heavy (non-hydrogen) atoms. The molecule has 0 rings (SSSR count). The van der Waals surface area contributed by atoms with Crippen LogP contribution in [0.15, 0.2) is 0 Å². The highest BCUT2D eigenvalue weighted by atomic mass is 16.5. The zero-order valence-corrected chi connectivity index (χ0v) is 9.06. The molecule has 0 aliphatic carbocycles. The van der Waals surface area contributed by atoms with Gasteiger partial charge < -0.3 is 26.2 Å². The number of aliphatic carboxylic acids is 1. The summed E-state index contributed by atoms with van der Waals surface area (Å²) in [5, 5.41) is 12.7. The molecule has 9 nitrogen and oxygen atoms in total. The summed E-state index contributed by atoms with van der Waals surface area (Å²) in [6.07, 6.45) is -0.518. The van der Waals surface area contributed by atoms with E-state index in [0.717, 1.165) is 7.11 Å². The van der Waals surface area contributed by atoms with Crippen LogP contribution in [0.5, 0.6) is 0 Å². The average molecular weight is 247 g/mol. The lowest BCUT2D eigenvalue weighted by molar-refractivity contribution is -0.147. The lowest BCUT2D eigenvalue weighted by atomic mass is 10.2. The summed E-state index contributed by atoms with van der Waals surface area (Å²) in [5.74, 6) is -2.96. The van der Waals surface area contributed by atoms with Crippen molar-refractivity contribution in [1.29, 1.82) is 0 Å². The van der Waals surface area contributed by atoms with E-state index < -0.39 is 42.9 Å². The smallest absolute Gasteiger partial charge is 0.326 e. The van der Waals surface area contributed by atoms with E-state index in [-0.39, 0.29) is 0 Å². The first-order valence-electron chi connectivity index (χ1n) is 4.49. The summed E-state index contributed by atoms with van der Waals surface area (Å²) in [6, 6.07) is -2.35. The molecule has 1 atom stereocenters. The Morgan fingerprint density at radius 1 is 1.35 bits per heavy atom. The zero-order valence-electron chi connectivity index (χ0n) is 9.06. The molecule has 0 aromatic rings. The SMILES string of the molecule is COC(=O)C[C@H](NC(=O)NCC(N)=O)C(=O)O. The molecule has 96 valence electrons. The van der Waals surface area contributed by atoms with E-state index >= 15 is 0 Å². The van der Waals surface area contributed by atoms with E-state index in [1.54, 1.807) is 0 Å². The predicted octanol–water partition coefficient (Wildman–Crippen LogP) is -2.21. The third-order valence-electron chi connectivity index (χ3n) is 1.63. The van der Waals surface area contributed by atoms with Crippen molar-refractivity contribution in [3.63, 3.8) is 0 Å². The van der Waals surface area contributed by atoms with Crippen molar-refractivity contribution >= 4 is 23.9 Å². The topological polar surface area (TPSA) is 148 Å². The number of urea groups is 1. The lowest BCUT2D eigenvalue weighted by Crippen LogP contribution is -2.48. The Balaban J connectivity index is 4.25. The molecule has 0 aliphatic rings. The minimum Gasteiger partial charge on any atom is -0.480 e. The fourth-order valence-electron chi connectivity index (χ4n) is 0.827. The maximum absolute atomic E-state index is 11.1. The third-order valence-corrected chi connectivity index (χ3v) is 1.63. The van der Waals surface area contributed by atoms with Crippen molar-refractivity contribution < 1.29 is 29.0 Å². The molecular weight excluding hydrogens is 234 g/mol. The quantitative estimate of drug-likeness (QED) is 0.391. The van der Waals surface area contributed by atoms with Crippen LogP contribution in [0, 0.1) is 0 Å². The van der Waals surface area contributed by atoms with Crippen LogP contribution >= 0.6 is 0 Å². The summed E-state index contributed by atoms with van der Waals surface area (Å²) < 4.78 is 4.26. The number of nitrogens with one attached hydrogen (secondary N) is 2. The standard InChI is InChI=1S/C8H13N3O6/c1-17-6(13)2-4(7(14)15)11-8(16)10-3-5(9)12/h4H,2-3H2,1H3,(H2,9,12)(H,14,15)(H2,10,11,16)/t4-/m0/s1. The second kappa shape index (κ2) is 7.04. The van der Waals surface area contributed by atoms with Crippen LogP contribution in [0.2, 0.25) is 0 Å². The van der Waals surface area contributed by atoms with Gasteiger partial charge in [0.05, 0.1) is 20.1 Å². The number of carboxylic acid groups (broad SMARTS) is 1. The Morgan fingerprint density at radius 3 is 2.35 bits per heavy atom. The lowest BCUT2D eigenvalue weighted by Gasteiger charge is -2.13. The number of carboxylic acids is 1. The number of hydrogen-bond donors (Lipinski definition) is 4. The fraction of sp³-hybridized carbons (Fsp3) is 0.500. The molecule has 0 heterocycles. The highest BCUT2D eigenvalue weighted by molar-refractivity contribution is 5.88. The molecule has 5 N–H and O–H groups in total. The van der Waals surface area contributed by atoms with E-state index in [9.17, 15) is 19.2 Å². The van der Waals surface area contributed by atoms with Crippen LogP contribution in [-0.4, -0.2) is 48.7 Å². The highest BCUT2D eigenvalue weighted by Crippen LogP contribution is 1.94. The number of esters is 1. The van der Waals surface area contributed by atoms with E-state index in [2.05, 4.69) is 4.74 Å². The summed E-state index contributed by atoms with van der Waals surface area (Å²) in [4.78, 5) is 42.9. The van der Waals surface area contributed by atoms with Crippen LogP contribution in [0.3, 0.4) is 0 Å². The van der Waals surface area contributed by atoms with Crippen LogP contribution < -0.4 is 16.4 Å². The molecule has 0 aromatic carbocycles. The molecule has 0 unspecified atom stereocenters. The number of hydrogen-bond acceptors (Lipinski definition) is 5. The van der Waals surface area contributed by atoms with Gasteiger partial charge in [-0.1, -0.05) is 0 Å². The van der Waals surface area contributed by atoms with E-state index in [1.165, 1.54) is 0 Å². The van der Waals surface area contributed by atoms with Crippen molar-refractivity contribution in [3.05, 3.63) is 0 Å². The zero-order chi connectivity index (χ0) is 13.4. The van der Waals surface area contributed by atoms with Crippen LogP contribution in [-0.2, 0) is 19.1 Å². The second-order valence-electron chi connectivity index (χ2n) is 2.96. The van der Waals surface area contributed by atoms with Crippen molar-refractivity contribution in [2.75, 3.05) is 13.7 Å². The van der Waals surface area contributed by atoms with Gasteiger partial charge in [0.15, 0.2) is 0 Å². The van der Waals surface area contributed by atoms with Gasteiger partial charge in [-0.25, -0.2) is 9.59 Å². The first-order chi connectivity index (χ1) is 7.86. The van der Waals surface area contributed by atoms with Gasteiger partial charge in [0.2, 0.25) is 5.91 Å². The molecule has 0 saturated carbocycles. The van der Waals surface area contributed by atoms with Crippen molar-refractivity contribution in [2.24, 2.45) is 5.73 Å². The molecule has 9 heteroatoms. The largest absolute Gasteiger partial charge is 0.480 e. The van der Waals surface area contributed by atoms with Crippen molar-refractivity contribution in [2.45, 2.75) is 12.5 Å². The monoisotopic (exact) mass is 247 g/mol.